The first kappa shape index (κ1) is 22.7. The lowest BCUT2D eigenvalue weighted by Gasteiger charge is -2.39. The molecule has 2 aromatic carbocycles. The molecule has 2 aromatic rings. The number of nitrogens with zero attached hydrogens (tertiary/aromatic N) is 2. The number of ether oxygens (including phenoxy) is 1. The SMILES string of the molecule is COc1ccc(CC(=O)N2CC[C@@H](CC(=O)O)[C@H](CCN(C)c3ccccc3)C2)cc1. The van der Waals surface area contributed by atoms with Crippen molar-refractivity contribution in [2.24, 2.45) is 11.8 Å². The van der Waals surface area contributed by atoms with Crippen molar-refractivity contribution in [3.8, 4) is 5.75 Å². The highest BCUT2D eigenvalue weighted by atomic mass is 16.5. The Balaban J connectivity index is 1.61. The Kier molecular flexibility index (Phi) is 7.93. The molecular weight excluding hydrogens is 392 g/mol. The van der Waals surface area contributed by atoms with Gasteiger partial charge in [0.2, 0.25) is 5.91 Å². The normalized spacial score (nSPS) is 18.5. The molecular formula is C25H32N2O4. The topological polar surface area (TPSA) is 70.1 Å². The van der Waals surface area contributed by atoms with Gasteiger partial charge in [0.15, 0.2) is 0 Å². The van der Waals surface area contributed by atoms with Gasteiger partial charge in [0.1, 0.15) is 5.75 Å². The molecule has 0 aliphatic carbocycles. The molecule has 6 nitrogen and oxygen atoms in total. The van der Waals surface area contributed by atoms with Crippen LogP contribution in [0.15, 0.2) is 54.6 Å². The zero-order valence-electron chi connectivity index (χ0n) is 18.4. The largest absolute Gasteiger partial charge is 0.497 e. The third-order valence-corrected chi connectivity index (χ3v) is 6.23. The van der Waals surface area contributed by atoms with Crippen LogP contribution in [0.2, 0.25) is 0 Å². The monoisotopic (exact) mass is 424 g/mol. The molecule has 1 fully saturated rings. The van der Waals surface area contributed by atoms with Gasteiger partial charge in [-0.3, -0.25) is 9.59 Å². The second-order valence-corrected chi connectivity index (χ2v) is 8.32. The van der Waals surface area contributed by atoms with Crippen LogP contribution in [-0.4, -0.2) is 55.7 Å². The molecule has 2 atom stereocenters. The summed E-state index contributed by atoms with van der Waals surface area (Å²) in [5.41, 5.74) is 2.10. The molecule has 166 valence electrons. The summed E-state index contributed by atoms with van der Waals surface area (Å²) in [4.78, 5) is 28.4. The number of carbonyl (C=O) groups is 2. The smallest absolute Gasteiger partial charge is 0.303 e. The molecule has 6 heteroatoms. The first-order chi connectivity index (χ1) is 15.0. The number of benzene rings is 2. The summed E-state index contributed by atoms with van der Waals surface area (Å²) < 4.78 is 5.18. The van der Waals surface area contributed by atoms with Crippen LogP contribution in [0.25, 0.3) is 0 Å². The number of anilines is 1. The zero-order valence-corrected chi connectivity index (χ0v) is 18.4. The maximum absolute atomic E-state index is 12.9. The molecule has 0 radical (unpaired) electrons. The van der Waals surface area contributed by atoms with E-state index >= 15 is 0 Å². The number of hydrogen-bond acceptors (Lipinski definition) is 4. The van der Waals surface area contributed by atoms with Crippen LogP contribution < -0.4 is 9.64 Å². The molecule has 1 saturated heterocycles. The van der Waals surface area contributed by atoms with Crippen LogP contribution in [0.4, 0.5) is 5.69 Å². The van der Waals surface area contributed by atoms with Gasteiger partial charge < -0.3 is 19.6 Å². The van der Waals surface area contributed by atoms with E-state index in [1.807, 2.05) is 47.4 Å². The van der Waals surface area contributed by atoms with Gasteiger partial charge in [0.05, 0.1) is 13.5 Å². The van der Waals surface area contributed by atoms with Gasteiger partial charge in [-0.2, -0.15) is 0 Å². The lowest BCUT2D eigenvalue weighted by Crippen LogP contribution is -2.45. The third-order valence-electron chi connectivity index (χ3n) is 6.23. The van der Waals surface area contributed by atoms with Gasteiger partial charge in [-0.25, -0.2) is 0 Å². The summed E-state index contributed by atoms with van der Waals surface area (Å²) in [5, 5.41) is 9.35. The van der Waals surface area contributed by atoms with Gasteiger partial charge in [-0.15, -0.1) is 0 Å². The molecule has 0 bridgehead atoms. The Hall–Kier alpha value is -3.02. The molecule has 31 heavy (non-hydrogen) atoms. The number of aliphatic carboxylic acids is 1. The average molecular weight is 425 g/mol. The van der Waals surface area contributed by atoms with Crippen molar-refractivity contribution < 1.29 is 19.4 Å². The molecule has 1 aliphatic heterocycles. The second-order valence-electron chi connectivity index (χ2n) is 8.32. The molecule has 3 rings (SSSR count). The minimum atomic E-state index is -0.760. The van der Waals surface area contributed by atoms with E-state index in [1.54, 1.807) is 7.11 Å². The summed E-state index contributed by atoms with van der Waals surface area (Å²) in [6.45, 7) is 2.07. The highest BCUT2D eigenvalue weighted by molar-refractivity contribution is 5.79. The number of carboxylic acid groups (broad SMARTS) is 1. The van der Waals surface area contributed by atoms with Crippen LogP contribution in [0.1, 0.15) is 24.8 Å². The number of amides is 1. The fraction of sp³-hybridized carbons (Fsp3) is 0.440. The first-order valence-corrected chi connectivity index (χ1v) is 10.8. The van der Waals surface area contributed by atoms with Crippen molar-refractivity contribution in [3.63, 3.8) is 0 Å². The Morgan fingerprint density at radius 3 is 2.45 bits per heavy atom. The third kappa shape index (κ3) is 6.48. The lowest BCUT2D eigenvalue weighted by molar-refractivity contribution is -0.139. The van der Waals surface area contributed by atoms with Crippen LogP contribution in [-0.2, 0) is 16.0 Å². The standard InChI is InChI=1S/C25H32N2O4/c1-26(22-6-4-3-5-7-22)14-12-21-18-27(15-13-20(21)17-25(29)30)24(28)16-19-8-10-23(31-2)11-9-19/h3-11,20-21H,12-18H2,1-2H3,(H,29,30)/t20-,21+/m0/s1. The minimum Gasteiger partial charge on any atom is -0.497 e. The lowest BCUT2D eigenvalue weighted by atomic mass is 9.81. The van der Waals surface area contributed by atoms with Crippen LogP contribution in [0.3, 0.4) is 0 Å². The summed E-state index contributed by atoms with van der Waals surface area (Å²) in [7, 11) is 3.67. The van der Waals surface area contributed by atoms with E-state index in [9.17, 15) is 14.7 Å². The second kappa shape index (κ2) is 10.8. The van der Waals surface area contributed by atoms with Crippen molar-refractivity contribution in [2.75, 3.05) is 38.7 Å². The van der Waals surface area contributed by atoms with Gasteiger partial charge in [-0.05, 0) is 54.5 Å². The quantitative estimate of drug-likeness (QED) is 0.665. The predicted octanol–water partition coefficient (Wildman–Crippen LogP) is 3.70. The van der Waals surface area contributed by atoms with Crippen LogP contribution >= 0.6 is 0 Å². The number of likely N-dealkylation sites (tertiary alicyclic amines) is 1. The molecule has 1 N–H and O–H groups in total. The average Bonchev–Trinajstić information content (AvgIpc) is 2.78. The number of methoxy groups -OCH3 is 1. The molecule has 1 amide bonds. The minimum absolute atomic E-state index is 0.0976. The number of rotatable bonds is 9. The highest BCUT2D eigenvalue weighted by Crippen LogP contribution is 2.30. The van der Waals surface area contributed by atoms with E-state index in [0.29, 0.717) is 19.5 Å². The molecule has 0 aromatic heterocycles. The van der Waals surface area contributed by atoms with Crippen molar-refractivity contribution in [2.45, 2.75) is 25.7 Å². The zero-order chi connectivity index (χ0) is 22.2. The van der Waals surface area contributed by atoms with Crippen LogP contribution in [0, 0.1) is 11.8 Å². The van der Waals surface area contributed by atoms with Gasteiger partial charge in [0, 0.05) is 38.8 Å². The van der Waals surface area contributed by atoms with E-state index in [1.165, 1.54) is 0 Å². The van der Waals surface area contributed by atoms with Crippen molar-refractivity contribution in [3.05, 3.63) is 60.2 Å². The maximum Gasteiger partial charge on any atom is 0.303 e. The molecule has 0 spiro atoms. The van der Waals surface area contributed by atoms with E-state index < -0.39 is 5.97 Å². The van der Waals surface area contributed by atoms with Crippen LogP contribution in [0.5, 0.6) is 5.75 Å². The fourth-order valence-corrected chi connectivity index (χ4v) is 4.33. The number of para-hydroxylation sites is 1. The molecule has 0 saturated carbocycles. The van der Waals surface area contributed by atoms with Crippen molar-refractivity contribution in [1.29, 1.82) is 0 Å². The Bertz CT molecular complexity index is 854. The number of piperidine rings is 1. The fourth-order valence-electron chi connectivity index (χ4n) is 4.33. The molecule has 0 unspecified atom stereocenters. The summed E-state index contributed by atoms with van der Waals surface area (Å²) in [6.07, 6.45) is 2.11. The van der Waals surface area contributed by atoms with Crippen molar-refractivity contribution in [1.82, 2.24) is 4.90 Å². The summed E-state index contributed by atoms with van der Waals surface area (Å²) >= 11 is 0. The van der Waals surface area contributed by atoms with E-state index in [-0.39, 0.29) is 24.2 Å². The summed E-state index contributed by atoms with van der Waals surface area (Å²) in [6, 6.07) is 17.7. The Morgan fingerprint density at radius 1 is 1.10 bits per heavy atom. The van der Waals surface area contributed by atoms with Crippen molar-refractivity contribution >= 4 is 17.6 Å². The van der Waals surface area contributed by atoms with E-state index in [4.69, 9.17) is 4.74 Å². The van der Waals surface area contributed by atoms with Gasteiger partial charge in [-0.1, -0.05) is 30.3 Å². The predicted molar refractivity (Wildman–Crippen MR) is 121 cm³/mol. The van der Waals surface area contributed by atoms with E-state index in [0.717, 1.165) is 36.4 Å². The maximum atomic E-state index is 12.9. The number of carbonyl (C=O) groups excluding carboxylic acids is 1. The molecule has 1 heterocycles. The number of hydrogen-bond donors (Lipinski definition) is 1. The van der Waals surface area contributed by atoms with Gasteiger partial charge in [0.25, 0.3) is 0 Å². The Morgan fingerprint density at radius 2 is 1.81 bits per heavy atom. The first-order valence-electron chi connectivity index (χ1n) is 10.8. The Labute approximate surface area is 184 Å². The molecule has 1 aliphatic rings. The highest BCUT2D eigenvalue weighted by Gasteiger charge is 2.32. The van der Waals surface area contributed by atoms with Gasteiger partial charge >= 0.3 is 5.97 Å². The number of carboxylic acids is 1. The summed E-state index contributed by atoms with van der Waals surface area (Å²) in [5.74, 6) is 0.389. The van der Waals surface area contributed by atoms with E-state index in [2.05, 4.69) is 24.1 Å².